The average Bonchev–Trinajstić information content (AvgIpc) is 2.77. The molecule has 1 atom stereocenters. The predicted octanol–water partition coefficient (Wildman–Crippen LogP) is 4.07. The number of nitrogens with zero attached hydrogens (tertiary/aromatic N) is 2. The molecule has 0 amide bonds. The Kier molecular flexibility index (Phi) is 4.86. The first-order chi connectivity index (χ1) is 9.16. The topological polar surface area (TPSA) is 6.48 Å². The lowest BCUT2D eigenvalue weighted by molar-refractivity contribution is 0.0697. The van der Waals surface area contributed by atoms with Crippen LogP contribution in [0, 0.1) is 22.7 Å². The summed E-state index contributed by atoms with van der Waals surface area (Å²) in [5.41, 5.74) is 0.977. The van der Waals surface area contributed by atoms with Crippen LogP contribution in [-0.4, -0.2) is 42.6 Å². The summed E-state index contributed by atoms with van der Waals surface area (Å²) in [4.78, 5) is 5.38. The van der Waals surface area contributed by atoms with Gasteiger partial charge in [0, 0.05) is 6.54 Å². The Morgan fingerprint density at radius 3 is 1.60 bits per heavy atom. The quantitative estimate of drug-likeness (QED) is 0.752. The summed E-state index contributed by atoms with van der Waals surface area (Å²) < 4.78 is 0. The molecule has 0 bridgehead atoms. The van der Waals surface area contributed by atoms with Crippen LogP contribution in [0.25, 0.3) is 0 Å². The summed E-state index contributed by atoms with van der Waals surface area (Å²) in [6.07, 6.45) is 4.17. The lowest BCUT2D eigenvalue weighted by atomic mass is 9.75. The summed E-state index contributed by atoms with van der Waals surface area (Å²) >= 11 is 0. The highest BCUT2D eigenvalue weighted by Gasteiger charge is 2.33. The van der Waals surface area contributed by atoms with Crippen LogP contribution in [-0.2, 0) is 0 Å². The monoisotopic (exact) mass is 280 g/mol. The largest absolute Gasteiger partial charge is 0.290 e. The molecular formula is C18H36N2. The first-order valence-electron chi connectivity index (χ1n) is 8.61. The molecule has 2 aliphatic heterocycles. The van der Waals surface area contributed by atoms with Gasteiger partial charge in [-0.15, -0.1) is 0 Å². The van der Waals surface area contributed by atoms with E-state index in [4.69, 9.17) is 0 Å². The van der Waals surface area contributed by atoms with Crippen LogP contribution in [0.1, 0.15) is 60.8 Å². The van der Waals surface area contributed by atoms with Gasteiger partial charge in [-0.25, -0.2) is 0 Å². The van der Waals surface area contributed by atoms with Gasteiger partial charge >= 0.3 is 0 Å². The normalized spacial score (nSPS) is 28.2. The van der Waals surface area contributed by atoms with Crippen LogP contribution in [0.15, 0.2) is 0 Å². The summed E-state index contributed by atoms with van der Waals surface area (Å²) in [6, 6.07) is 0. The Hall–Kier alpha value is -0.0800. The van der Waals surface area contributed by atoms with E-state index in [1.165, 1.54) is 52.1 Å². The molecule has 2 nitrogen and oxygen atoms in total. The molecule has 0 N–H and O–H groups in total. The van der Waals surface area contributed by atoms with Crippen molar-refractivity contribution < 1.29 is 0 Å². The first-order valence-corrected chi connectivity index (χ1v) is 8.61. The molecule has 0 saturated carbocycles. The summed E-state index contributed by atoms with van der Waals surface area (Å²) in [6.45, 7) is 20.8. The van der Waals surface area contributed by atoms with Gasteiger partial charge in [0.2, 0.25) is 0 Å². The third kappa shape index (κ3) is 4.21. The molecule has 0 radical (unpaired) electrons. The Labute approximate surface area is 126 Å². The fourth-order valence-electron chi connectivity index (χ4n) is 3.89. The van der Waals surface area contributed by atoms with E-state index in [0.717, 1.165) is 11.8 Å². The summed E-state index contributed by atoms with van der Waals surface area (Å²) in [7, 11) is 0. The Morgan fingerprint density at radius 2 is 1.15 bits per heavy atom. The van der Waals surface area contributed by atoms with Gasteiger partial charge in [-0.1, -0.05) is 41.5 Å². The van der Waals surface area contributed by atoms with Crippen molar-refractivity contribution in [2.24, 2.45) is 22.7 Å². The predicted molar refractivity (Wildman–Crippen MR) is 87.8 cm³/mol. The summed E-state index contributed by atoms with van der Waals surface area (Å²) in [5.74, 6) is 1.80. The highest BCUT2D eigenvalue weighted by atomic mass is 15.3. The van der Waals surface area contributed by atoms with Gasteiger partial charge in [0.05, 0.1) is 6.67 Å². The van der Waals surface area contributed by atoms with Crippen LogP contribution in [0.5, 0.6) is 0 Å². The maximum atomic E-state index is 2.69. The van der Waals surface area contributed by atoms with E-state index in [-0.39, 0.29) is 0 Å². The standard InChI is InChI=1S/C18H36N2/c1-17(2,3)15-7-10-19(11-8-15)14-20-12-9-16(13-20)18(4,5)6/h15-16H,7-14H2,1-6H3. The van der Waals surface area contributed by atoms with Crippen LogP contribution in [0.3, 0.4) is 0 Å². The SMILES string of the molecule is CC(C)(C)C1CCN(CN2CCC(C(C)(C)C)C2)CC1. The van der Waals surface area contributed by atoms with Crippen molar-refractivity contribution in [2.75, 3.05) is 32.8 Å². The van der Waals surface area contributed by atoms with E-state index in [2.05, 4.69) is 51.3 Å². The van der Waals surface area contributed by atoms with Crippen molar-refractivity contribution in [3.8, 4) is 0 Å². The van der Waals surface area contributed by atoms with Gasteiger partial charge in [0.15, 0.2) is 0 Å². The van der Waals surface area contributed by atoms with Gasteiger partial charge in [0.25, 0.3) is 0 Å². The summed E-state index contributed by atoms with van der Waals surface area (Å²) in [5, 5.41) is 0. The average molecular weight is 280 g/mol. The molecule has 0 aliphatic carbocycles. The Morgan fingerprint density at radius 1 is 0.700 bits per heavy atom. The zero-order valence-electron chi connectivity index (χ0n) is 14.7. The lowest BCUT2D eigenvalue weighted by Crippen LogP contribution is -2.43. The molecular weight excluding hydrogens is 244 g/mol. The molecule has 2 heterocycles. The Bertz CT molecular complexity index is 302. The van der Waals surface area contributed by atoms with E-state index >= 15 is 0 Å². The number of hydrogen-bond acceptors (Lipinski definition) is 2. The first kappa shape index (κ1) is 16.3. The second-order valence-corrected chi connectivity index (χ2v) is 9.33. The molecule has 0 aromatic rings. The molecule has 2 heteroatoms. The van der Waals surface area contributed by atoms with Crippen LogP contribution < -0.4 is 0 Å². The van der Waals surface area contributed by atoms with Crippen LogP contribution in [0.2, 0.25) is 0 Å². The number of likely N-dealkylation sites (tertiary alicyclic amines) is 2. The second kappa shape index (κ2) is 5.96. The number of rotatable bonds is 2. The van der Waals surface area contributed by atoms with Crippen molar-refractivity contribution in [3.63, 3.8) is 0 Å². The minimum Gasteiger partial charge on any atom is -0.290 e. The molecule has 1 unspecified atom stereocenters. The highest BCUT2D eigenvalue weighted by Crippen LogP contribution is 2.36. The lowest BCUT2D eigenvalue weighted by Gasteiger charge is -2.40. The van der Waals surface area contributed by atoms with E-state index in [9.17, 15) is 0 Å². The minimum absolute atomic E-state index is 0.480. The van der Waals surface area contributed by atoms with Gasteiger partial charge in [-0.05, 0) is 61.6 Å². The van der Waals surface area contributed by atoms with Crippen molar-refractivity contribution in [1.29, 1.82) is 0 Å². The zero-order chi connectivity index (χ0) is 15.0. The fraction of sp³-hybridized carbons (Fsp3) is 1.00. The molecule has 2 rings (SSSR count). The van der Waals surface area contributed by atoms with Crippen molar-refractivity contribution in [3.05, 3.63) is 0 Å². The number of piperidine rings is 1. The molecule has 2 fully saturated rings. The minimum atomic E-state index is 0.480. The third-order valence-electron chi connectivity index (χ3n) is 5.71. The van der Waals surface area contributed by atoms with Crippen molar-refractivity contribution in [1.82, 2.24) is 9.80 Å². The molecule has 0 aromatic heterocycles. The van der Waals surface area contributed by atoms with Gasteiger partial charge in [-0.2, -0.15) is 0 Å². The van der Waals surface area contributed by atoms with Gasteiger partial charge in [0.1, 0.15) is 0 Å². The second-order valence-electron chi connectivity index (χ2n) is 9.33. The van der Waals surface area contributed by atoms with Crippen LogP contribution in [0.4, 0.5) is 0 Å². The molecule has 2 aliphatic rings. The van der Waals surface area contributed by atoms with E-state index in [1.54, 1.807) is 0 Å². The van der Waals surface area contributed by atoms with E-state index in [1.807, 2.05) is 0 Å². The van der Waals surface area contributed by atoms with Crippen molar-refractivity contribution in [2.45, 2.75) is 60.8 Å². The molecule has 20 heavy (non-hydrogen) atoms. The number of hydrogen-bond donors (Lipinski definition) is 0. The zero-order valence-corrected chi connectivity index (χ0v) is 14.7. The third-order valence-corrected chi connectivity index (χ3v) is 5.71. The maximum Gasteiger partial charge on any atom is 0.0506 e. The van der Waals surface area contributed by atoms with E-state index < -0.39 is 0 Å². The maximum absolute atomic E-state index is 2.69. The smallest absolute Gasteiger partial charge is 0.0506 e. The Balaban J connectivity index is 1.74. The van der Waals surface area contributed by atoms with Crippen LogP contribution >= 0.6 is 0 Å². The highest BCUT2D eigenvalue weighted by molar-refractivity contribution is 4.85. The molecule has 0 spiro atoms. The molecule has 118 valence electrons. The fourth-order valence-corrected chi connectivity index (χ4v) is 3.89. The molecule has 2 saturated heterocycles. The van der Waals surface area contributed by atoms with Gasteiger partial charge in [-0.3, -0.25) is 9.80 Å². The van der Waals surface area contributed by atoms with Gasteiger partial charge < -0.3 is 0 Å². The van der Waals surface area contributed by atoms with Crippen molar-refractivity contribution >= 4 is 0 Å². The van der Waals surface area contributed by atoms with E-state index in [0.29, 0.717) is 10.8 Å². The molecule has 0 aromatic carbocycles.